The zero-order valence-electron chi connectivity index (χ0n) is 8.64. The fourth-order valence-corrected chi connectivity index (χ4v) is 1.32. The number of hydrogen-bond acceptors (Lipinski definition) is 3. The minimum atomic E-state index is 0.611. The van der Waals surface area contributed by atoms with Gasteiger partial charge in [-0.3, -0.25) is 4.98 Å². The predicted octanol–water partition coefficient (Wildman–Crippen LogP) is 2.60. The number of nitrogens with zero attached hydrogens (tertiary/aromatic N) is 1. The van der Waals surface area contributed by atoms with Gasteiger partial charge in [0.2, 0.25) is 0 Å². The predicted molar refractivity (Wildman–Crippen MR) is 56.9 cm³/mol. The second-order valence-electron chi connectivity index (χ2n) is 3.32. The number of furan rings is 1. The molecular formula is C12H13NO2. The topological polar surface area (TPSA) is 35.3 Å². The van der Waals surface area contributed by atoms with E-state index in [-0.39, 0.29) is 0 Å². The van der Waals surface area contributed by atoms with E-state index in [4.69, 9.17) is 9.15 Å². The number of pyridine rings is 1. The Hall–Kier alpha value is -1.77. The first-order valence-corrected chi connectivity index (χ1v) is 4.92. The summed E-state index contributed by atoms with van der Waals surface area (Å²) in [5.41, 5.74) is 1.10. The summed E-state index contributed by atoms with van der Waals surface area (Å²) in [6.07, 6.45) is 5.94. The molecule has 0 aliphatic rings. The third kappa shape index (κ3) is 2.59. The lowest BCUT2D eigenvalue weighted by atomic mass is 10.3. The van der Waals surface area contributed by atoms with Crippen molar-refractivity contribution >= 4 is 0 Å². The fraction of sp³-hybridized carbons (Fsp3) is 0.250. The molecule has 0 spiro atoms. The summed E-state index contributed by atoms with van der Waals surface area (Å²) >= 11 is 0. The van der Waals surface area contributed by atoms with Crippen LogP contribution in [-0.4, -0.2) is 11.6 Å². The van der Waals surface area contributed by atoms with Crippen LogP contribution in [0.2, 0.25) is 0 Å². The minimum Gasteiger partial charge on any atom is -0.491 e. The van der Waals surface area contributed by atoms with Crippen LogP contribution in [0.15, 0.2) is 41.3 Å². The Bertz CT molecular complexity index is 409. The van der Waals surface area contributed by atoms with Gasteiger partial charge in [-0.15, -0.1) is 0 Å². The first-order chi connectivity index (χ1) is 7.36. The first kappa shape index (κ1) is 9.77. The summed E-state index contributed by atoms with van der Waals surface area (Å²) < 4.78 is 10.8. The summed E-state index contributed by atoms with van der Waals surface area (Å²) in [5.74, 6) is 1.78. The Balaban J connectivity index is 1.86. The van der Waals surface area contributed by atoms with Crippen molar-refractivity contribution in [3.05, 3.63) is 48.2 Å². The maximum absolute atomic E-state index is 5.59. The lowest BCUT2D eigenvalue weighted by molar-refractivity contribution is 0.306. The molecule has 0 aromatic carbocycles. The molecule has 0 unspecified atom stereocenters. The molecule has 0 radical (unpaired) electrons. The molecule has 0 saturated heterocycles. The molecule has 78 valence electrons. The summed E-state index contributed by atoms with van der Waals surface area (Å²) in [4.78, 5) is 4.01. The summed E-state index contributed by atoms with van der Waals surface area (Å²) in [6, 6.07) is 5.76. The van der Waals surface area contributed by atoms with Crippen LogP contribution in [0.5, 0.6) is 5.75 Å². The Morgan fingerprint density at radius 1 is 1.40 bits per heavy atom. The van der Waals surface area contributed by atoms with Crippen LogP contribution in [0.3, 0.4) is 0 Å². The molecule has 3 heteroatoms. The monoisotopic (exact) mass is 203 g/mol. The highest BCUT2D eigenvalue weighted by Crippen LogP contribution is 2.14. The highest BCUT2D eigenvalue weighted by molar-refractivity contribution is 5.27. The van der Waals surface area contributed by atoms with Crippen LogP contribution in [-0.2, 0) is 6.42 Å². The highest BCUT2D eigenvalue weighted by Gasteiger charge is 1.99. The molecule has 2 rings (SSSR count). The van der Waals surface area contributed by atoms with Crippen LogP contribution in [0, 0.1) is 6.92 Å². The van der Waals surface area contributed by atoms with E-state index in [0.29, 0.717) is 6.61 Å². The van der Waals surface area contributed by atoms with Crippen LogP contribution in [0.1, 0.15) is 11.3 Å². The standard InChI is InChI=1S/C12H13NO2/c1-10-4-6-13-9-12(10)15-8-5-11-3-2-7-14-11/h2-4,6-7,9H,5,8H2,1H3. The Morgan fingerprint density at radius 2 is 2.33 bits per heavy atom. The van der Waals surface area contributed by atoms with Gasteiger partial charge in [0.15, 0.2) is 0 Å². The lowest BCUT2D eigenvalue weighted by Gasteiger charge is -2.06. The van der Waals surface area contributed by atoms with Gasteiger partial charge in [0, 0.05) is 12.6 Å². The largest absolute Gasteiger partial charge is 0.491 e. The molecule has 0 amide bonds. The average molecular weight is 203 g/mol. The normalized spacial score (nSPS) is 10.2. The van der Waals surface area contributed by atoms with E-state index in [1.165, 1.54) is 0 Å². The number of aryl methyl sites for hydroxylation is 1. The van der Waals surface area contributed by atoms with Crippen molar-refractivity contribution in [1.82, 2.24) is 4.98 Å². The summed E-state index contributed by atoms with van der Waals surface area (Å²) in [5, 5.41) is 0. The maximum Gasteiger partial charge on any atom is 0.140 e. The smallest absolute Gasteiger partial charge is 0.140 e. The quantitative estimate of drug-likeness (QED) is 0.766. The van der Waals surface area contributed by atoms with Gasteiger partial charge in [-0.2, -0.15) is 0 Å². The Labute approximate surface area is 88.7 Å². The van der Waals surface area contributed by atoms with E-state index in [1.54, 1.807) is 18.7 Å². The zero-order chi connectivity index (χ0) is 10.5. The molecule has 0 aliphatic carbocycles. The van der Waals surface area contributed by atoms with E-state index < -0.39 is 0 Å². The van der Waals surface area contributed by atoms with Crippen molar-refractivity contribution in [2.45, 2.75) is 13.3 Å². The third-order valence-corrected chi connectivity index (χ3v) is 2.18. The van der Waals surface area contributed by atoms with Crippen molar-refractivity contribution in [2.75, 3.05) is 6.61 Å². The Kier molecular flexibility index (Phi) is 3.02. The first-order valence-electron chi connectivity index (χ1n) is 4.92. The molecule has 0 bridgehead atoms. The SMILES string of the molecule is Cc1ccncc1OCCc1ccco1. The van der Waals surface area contributed by atoms with Gasteiger partial charge in [0.1, 0.15) is 11.5 Å². The van der Waals surface area contributed by atoms with Gasteiger partial charge in [-0.25, -0.2) is 0 Å². The number of ether oxygens (including phenoxy) is 1. The molecule has 0 aliphatic heterocycles. The highest BCUT2D eigenvalue weighted by atomic mass is 16.5. The molecule has 0 saturated carbocycles. The molecule has 3 nitrogen and oxygen atoms in total. The molecular weight excluding hydrogens is 190 g/mol. The maximum atomic E-state index is 5.59. The van der Waals surface area contributed by atoms with Crippen molar-refractivity contribution in [3.63, 3.8) is 0 Å². The minimum absolute atomic E-state index is 0.611. The van der Waals surface area contributed by atoms with Gasteiger partial charge in [-0.05, 0) is 30.7 Å². The molecule has 0 atom stereocenters. The lowest BCUT2D eigenvalue weighted by Crippen LogP contribution is -2.01. The van der Waals surface area contributed by atoms with Gasteiger partial charge in [0.25, 0.3) is 0 Å². The van der Waals surface area contributed by atoms with Crippen LogP contribution >= 0.6 is 0 Å². The van der Waals surface area contributed by atoms with Crippen molar-refractivity contribution in [1.29, 1.82) is 0 Å². The van der Waals surface area contributed by atoms with Gasteiger partial charge in [-0.1, -0.05) is 0 Å². The van der Waals surface area contributed by atoms with Crippen LogP contribution in [0.4, 0.5) is 0 Å². The van der Waals surface area contributed by atoms with E-state index in [1.807, 2.05) is 25.1 Å². The molecule has 0 N–H and O–H groups in total. The van der Waals surface area contributed by atoms with Gasteiger partial charge < -0.3 is 9.15 Å². The second kappa shape index (κ2) is 4.64. The molecule has 2 aromatic rings. The second-order valence-corrected chi connectivity index (χ2v) is 3.32. The molecule has 2 aromatic heterocycles. The zero-order valence-corrected chi connectivity index (χ0v) is 8.64. The van der Waals surface area contributed by atoms with Gasteiger partial charge >= 0.3 is 0 Å². The number of rotatable bonds is 4. The van der Waals surface area contributed by atoms with Crippen molar-refractivity contribution in [3.8, 4) is 5.75 Å². The van der Waals surface area contributed by atoms with Crippen LogP contribution < -0.4 is 4.74 Å². The molecule has 15 heavy (non-hydrogen) atoms. The molecule has 2 heterocycles. The summed E-state index contributed by atoms with van der Waals surface area (Å²) in [7, 11) is 0. The fourth-order valence-electron chi connectivity index (χ4n) is 1.32. The van der Waals surface area contributed by atoms with Gasteiger partial charge in [0.05, 0.1) is 19.1 Å². The van der Waals surface area contributed by atoms with E-state index in [9.17, 15) is 0 Å². The number of hydrogen-bond donors (Lipinski definition) is 0. The number of aromatic nitrogens is 1. The van der Waals surface area contributed by atoms with Crippen LogP contribution in [0.25, 0.3) is 0 Å². The summed E-state index contributed by atoms with van der Waals surface area (Å²) in [6.45, 7) is 2.62. The van der Waals surface area contributed by atoms with Crippen molar-refractivity contribution < 1.29 is 9.15 Å². The third-order valence-electron chi connectivity index (χ3n) is 2.18. The van der Waals surface area contributed by atoms with E-state index >= 15 is 0 Å². The Morgan fingerprint density at radius 3 is 3.07 bits per heavy atom. The van der Waals surface area contributed by atoms with Crippen molar-refractivity contribution in [2.24, 2.45) is 0 Å². The van der Waals surface area contributed by atoms with E-state index in [0.717, 1.165) is 23.5 Å². The van der Waals surface area contributed by atoms with E-state index in [2.05, 4.69) is 4.98 Å². The molecule has 0 fully saturated rings. The average Bonchev–Trinajstić information content (AvgIpc) is 2.74.